The third-order valence-corrected chi connectivity index (χ3v) is 6.42. The first kappa shape index (κ1) is 21.1. The second-order valence-corrected chi connectivity index (χ2v) is 8.48. The van der Waals surface area contributed by atoms with E-state index in [1.165, 1.54) is 11.3 Å². The zero-order chi connectivity index (χ0) is 22.6. The first-order valence-electron chi connectivity index (χ1n) is 10.5. The number of aliphatic carboxylic acids is 1. The third-order valence-electron chi connectivity index (χ3n) is 5.26. The highest BCUT2D eigenvalue weighted by atomic mass is 32.1. The zero-order valence-corrected chi connectivity index (χ0v) is 18.4. The van der Waals surface area contributed by atoms with Crippen molar-refractivity contribution in [2.24, 2.45) is 0 Å². The number of ether oxygens (including phenoxy) is 2. The van der Waals surface area contributed by atoms with Gasteiger partial charge in [0.25, 0.3) is 0 Å². The SMILES string of the molecule is O=C(O)C1CN(c2nc(-c3ccc(Oc4ccccc4)cc3)c(-c3cccnc3)s2)CCO1. The largest absolute Gasteiger partial charge is 0.479 e. The van der Waals surface area contributed by atoms with Crippen molar-refractivity contribution in [1.29, 1.82) is 0 Å². The number of thiazole rings is 1. The monoisotopic (exact) mass is 459 g/mol. The fourth-order valence-corrected chi connectivity index (χ4v) is 4.72. The minimum Gasteiger partial charge on any atom is -0.479 e. The van der Waals surface area contributed by atoms with Crippen LogP contribution in [0.2, 0.25) is 0 Å². The molecule has 0 aliphatic carbocycles. The summed E-state index contributed by atoms with van der Waals surface area (Å²) >= 11 is 1.53. The summed E-state index contributed by atoms with van der Waals surface area (Å²) in [6.07, 6.45) is 2.69. The van der Waals surface area contributed by atoms with Gasteiger partial charge in [-0.2, -0.15) is 0 Å². The molecular formula is C25H21N3O4S. The molecule has 7 nitrogen and oxygen atoms in total. The topological polar surface area (TPSA) is 84.8 Å². The van der Waals surface area contributed by atoms with Gasteiger partial charge in [-0.1, -0.05) is 35.6 Å². The van der Waals surface area contributed by atoms with Gasteiger partial charge in [-0.05, 0) is 42.5 Å². The Morgan fingerprint density at radius 3 is 2.55 bits per heavy atom. The molecule has 1 aliphatic heterocycles. The maximum absolute atomic E-state index is 11.4. The van der Waals surface area contributed by atoms with Crippen LogP contribution in [-0.2, 0) is 9.53 Å². The van der Waals surface area contributed by atoms with Crippen LogP contribution in [0, 0.1) is 0 Å². The van der Waals surface area contributed by atoms with Crippen LogP contribution in [0.4, 0.5) is 5.13 Å². The van der Waals surface area contributed by atoms with Gasteiger partial charge in [0, 0.05) is 30.1 Å². The molecular weight excluding hydrogens is 438 g/mol. The lowest BCUT2D eigenvalue weighted by Gasteiger charge is -2.30. The molecule has 4 aromatic rings. The van der Waals surface area contributed by atoms with Crippen LogP contribution in [0.5, 0.6) is 11.5 Å². The van der Waals surface area contributed by atoms with Gasteiger partial charge >= 0.3 is 5.97 Å². The Morgan fingerprint density at radius 2 is 1.82 bits per heavy atom. The van der Waals surface area contributed by atoms with Gasteiger partial charge in [-0.3, -0.25) is 4.98 Å². The minimum absolute atomic E-state index is 0.263. The van der Waals surface area contributed by atoms with Crippen molar-refractivity contribution < 1.29 is 19.4 Å². The number of carboxylic acid groups (broad SMARTS) is 1. The first-order chi connectivity index (χ1) is 16.2. The van der Waals surface area contributed by atoms with Crippen molar-refractivity contribution in [3.63, 3.8) is 0 Å². The Labute approximate surface area is 194 Å². The molecule has 5 rings (SSSR count). The van der Waals surface area contributed by atoms with E-state index in [9.17, 15) is 9.90 Å². The van der Waals surface area contributed by atoms with Crippen LogP contribution in [0.1, 0.15) is 0 Å². The van der Waals surface area contributed by atoms with Gasteiger partial charge < -0.3 is 19.5 Å². The smallest absolute Gasteiger partial charge is 0.334 e. The zero-order valence-electron chi connectivity index (χ0n) is 17.6. The summed E-state index contributed by atoms with van der Waals surface area (Å²) in [7, 11) is 0. The summed E-state index contributed by atoms with van der Waals surface area (Å²) in [6, 6.07) is 21.3. The summed E-state index contributed by atoms with van der Waals surface area (Å²) in [4.78, 5) is 23.6. The maximum Gasteiger partial charge on any atom is 0.334 e. The Hall–Kier alpha value is -3.75. The number of benzene rings is 2. The van der Waals surface area contributed by atoms with E-state index in [0.717, 1.165) is 38.3 Å². The summed E-state index contributed by atoms with van der Waals surface area (Å²) in [5.41, 5.74) is 2.73. The van der Waals surface area contributed by atoms with Crippen molar-refractivity contribution in [3.8, 4) is 33.2 Å². The number of carboxylic acids is 1. The van der Waals surface area contributed by atoms with Crippen LogP contribution in [-0.4, -0.2) is 46.8 Å². The van der Waals surface area contributed by atoms with Crippen LogP contribution < -0.4 is 9.64 Å². The van der Waals surface area contributed by atoms with E-state index in [4.69, 9.17) is 14.5 Å². The third kappa shape index (κ3) is 4.72. The molecule has 33 heavy (non-hydrogen) atoms. The molecule has 1 aliphatic rings. The normalized spacial score (nSPS) is 15.9. The number of hydrogen-bond donors (Lipinski definition) is 1. The average molecular weight is 460 g/mol. The molecule has 1 unspecified atom stereocenters. The number of pyridine rings is 1. The molecule has 0 saturated carbocycles. The molecule has 1 atom stereocenters. The van der Waals surface area contributed by atoms with E-state index < -0.39 is 12.1 Å². The molecule has 2 aromatic carbocycles. The Balaban J connectivity index is 1.47. The second kappa shape index (κ2) is 9.40. The predicted molar refractivity (Wildman–Crippen MR) is 127 cm³/mol. The molecule has 0 amide bonds. The number of morpholine rings is 1. The standard InChI is InChI=1S/C25H21N3O4S/c29-24(30)21-16-28(13-14-31-21)25-27-22(23(33-25)18-5-4-12-26-15-18)17-8-10-20(11-9-17)32-19-6-2-1-3-7-19/h1-12,15,21H,13-14,16H2,(H,29,30). The lowest BCUT2D eigenvalue weighted by molar-refractivity contribution is -0.150. The van der Waals surface area contributed by atoms with Gasteiger partial charge in [-0.15, -0.1) is 0 Å². The molecule has 166 valence electrons. The molecule has 3 heterocycles. The molecule has 1 N–H and O–H groups in total. The number of para-hydroxylation sites is 1. The Morgan fingerprint density at radius 1 is 1.03 bits per heavy atom. The van der Waals surface area contributed by atoms with Gasteiger partial charge in [0.15, 0.2) is 11.2 Å². The van der Waals surface area contributed by atoms with E-state index in [-0.39, 0.29) is 6.54 Å². The number of hydrogen-bond acceptors (Lipinski definition) is 7. The molecule has 0 bridgehead atoms. The van der Waals surface area contributed by atoms with Gasteiger partial charge in [-0.25, -0.2) is 9.78 Å². The van der Waals surface area contributed by atoms with Crippen LogP contribution >= 0.6 is 11.3 Å². The highest BCUT2D eigenvalue weighted by molar-refractivity contribution is 7.19. The Kier molecular flexibility index (Phi) is 6.01. The fraction of sp³-hybridized carbons (Fsp3) is 0.160. The predicted octanol–water partition coefficient (Wildman–Crippen LogP) is 4.95. The molecule has 1 saturated heterocycles. The number of aromatic nitrogens is 2. The second-order valence-electron chi connectivity index (χ2n) is 7.50. The van der Waals surface area contributed by atoms with Crippen molar-refractivity contribution in [2.75, 3.05) is 24.6 Å². The van der Waals surface area contributed by atoms with Crippen molar-refractivity contribution in [1.82, 2.24) is 9.97 Å². The van der Waals surface area contributed by atoms with Crippen molar-refractivity contribution in [3.05, 3.63) is 79.1 Å². The maximum atomic E-state index is 11.4. The van der Waals surface area contributed by atoms with Crippen LogP contribution in [0.15, 0.2) is 79.1 Å². The van der Waals surface area contributed by atoms with Gasteiger partial charge in [0.05, 0.1) is 23.7 Å². The summed E-state index contributed by atoms with van der Waals surface area (Å²) in [6.45, 7) is 1.20. The molecule has 0 spiro atoms. The fourth-order valence-electron chi connectivity index (χ4n) is 3.61. The molecule has 8 heteroatoms. The number of nitrogens with zero attached hydrogens (tertiary/aromatic N) is 3. The number of anilines is 1. The summed E-state index contributed by atoms with van der Waals surface area (Å²) < 4.78 is 11.3. The highest BCUT2D eigenvalue weighted by Crippen LogP contribution is 2.41. The molecule has 0 radical (unpaired) electrons. The van der Waals surface area contributed by atoms with E-state index in [1.54, 1.807) is 6.20 Å². The van der Waals surface area contributed by atoms with E-state index in [0.29, 0.717) is 13.2 Å². The minimum atomic E-state index is -0.960. The molecule has 2 aromatic heterocycles. The number of rotatable bonds is 6. The first-order valence-corrected chi connectivity index (χ1v) is 11.3. The highest BCUT2D eigenvalue weighted by Gasteiger charge is 2.29. The van der Waals surface area contributed by atoms with Crippen molar-refractivity contribution >= 4 is 22.4 Å². The lowest BCUT2D eigenvalue weighted by Crippen LogP contribution is -2.46. The summed E-state index contributed by atoms with van der Waals surface area (Å²) in [5, 5.41) is 10.1. The Bertz CT molecular complexity index is 1230. The lowest BCUT2D eigenvalue weighted by atomic mass is 10.1. The molecule has 1 fully saturated rings. The van der Waals surface area contributed by atoms with Gasteiger partial charge in [0.2, 0.25) is 0 Å². The quantitative estimate of drug-likeness (QED) is 0.436. The van der Waals surface area contributed by atoms with Crippen molar-refractivity contribution in [2.45, 2.75) is 6.10 Å². The summed E-state index contributed by atoms with van der Waals surface area (Å²) in [5.74, 6) is 0.552. The van der Waals surface area contributed by atoms with E-state index in [2.05, 4.69) is 4.98 Å². The van der Waals surface area contributed by atoms with E-state index in [1.807, 2.05) is 77.8 Å². The van der Waals surface area contributed by atoms with Crippen LogP contribution in [0.3, 0.4) is 0 Å². The van der Waals surface area contributed by atoms with Crippen LogP contribution in [0.25, 0.3) is 21.7 Å². The van der Waals surface area contributed by atoms with Gasteiger partial charge in [0.1, 0.15) is 11.5 Å². The average Bonchev–Trinajstić information content (AvgIpc) is 3.31. The number of carbonyl (C=O) groups is 1. The van der Waals surface area contributed by atoms with E-state index >= 15 is 0 Å².